The average molecular weight is 347 g/mol. The lowest BCUT2D eigenvalue weighted by Crippen LogP contribution is -2.52. The Balaban J connectivity index is 1.48. The molecule has 3 rings (SSSR count). The molecule has 1 aromatic carbocycles. The van der Waals surface area contributed by atoms with Gasteiger partial charge >= 0.3 is 6.03 Å². The van der Waals surface area contributed by atoms with E-state index in [1.54, 1.807) is 34.1 Å². The van der Waals surface area contributed by atoms with Gasteiger partial charge in [-0.3, -0.25) is 4.79 Å². The molecule has 0 saturated carbocycles. The minimum Gasteiger partial charge on any atom is -0.365 e. The van der Waals surface area contributed by atoms with Crippen molar-refractivity contribution in [1.29, 1.82) is 0 Å². The first-order valence-electron chi connectivity index (χ1n) is 7.83. The van der Waals surface area contributed by atoms with Crippen LogP contribution in [0.2, 0.25) is 5.02 Å². The van der Waals surface area contributed by atoms with E-state index in [0.717, 1.165) is 5.69 Å². The Kier molecular flexibility index (Phi) is 5.05. The molecule has 7 heteroatoms. The molecule has 1 saturated heterocycles. The first kappa shape index (κ1) is 16.4. The van der Waals surface area contributed by atoms with Crippen molar-refractivity contribution >= 4 is 29.2 Å². The Morgan fingerprint density at radius 1 is 1.04 bits per heavy atom. The molecule has 0 atom stereocenters. The maximum absolute atomic E-state index is 12.3. The predicted octanol–water partition coefficient (Wildman–Crippen LogP) is 2.59. The smallest absolute Gasteiger partial charge is 0.321 e. The molecule has 6 nitrogen and oxygen atoms in total. The second-order valence-corrected chi connectivity index (χ2v) is 6.11. The van der Waals surface area contributed by atoms with E-state index in [4.69, 9.17) is 11.6 Å². The molecule has 0 spiro atoms. The number of hydrogen-bond donors (Lipinski definition) is 2. The van der Waals surface area contributed by atoms with Crippen LogP contribution in [0.4, 0.5) is 10.5 Å². The number of rotatable bonds is 3. The number of nitrogens with zero attached hydrogens (tertiary/aromatic N) is 2. The summed E-state index contributed by atoms with van der Waals surface area (Å²) < 4.78 is 0. The van der Waals surface area contributed by atoms with Gasteiger partial charge in [-0.25, -0.2) is 4.79 Å². The molecule has 2 N–H and O–H groups in total. The van der Waals surface area contributed by atoms with Crippen LogP contribution < -0.4 is 5.32 Å². The van der Waals surface area contributed by atoms with Crippen LogP contribution in [0.1, 0.15) is 5.69 Å². The average Bonchev–Trinajstić information content (AvgIpc) is 3.10. The third-order valence-electron chi connectivity index (χ3n) is 4.02. The van der Waals surface area contributed by atoms with Gasteiger partial charge in [-0.05, 0) is 36.4 Å². The highest BCUT2D eigenvalue weighted by molar-refractivity contribution is 6.30. The van der Waals surface area contributed by atoms with Gasteiger partial charge in [0.15, 0.2) is 0 Å². The number of nitrogens with one attached hydrogen (secondary N) is 2. The Morgan fingerprint density at radius 2 is 1.71 bits per heavy atom. The van der Waals surface area contributed by atoms with E-state index in [0.29, 0.717) is 43.3 Å². The number of aromatic amines is 1. The van der Waals surface area contributed by atoms with Gasteiger partial charge in [-0.1, -0.05) is 11.6 Å². The number of piperazine rings is 1. The largest absolute Gasteiger partial charge is 0.365 e. The summed E-state index contributed by atoms with van der Waals surface area (Å²) in [7, 11) is 0. The van der Waals surface area contributed by atoms with Crippen LogP contribution in [0.15, 0.2) is 42.6 Å². The Morgan fingerprint density at radius 3 is 2.33 bits per heavy atom. The summed E-state index contributed by atoms with van der Waals surface area (Å²) in [5.41, 5.74) is 1.61. The maximum Gasteiger partial charge on any atom is 0.321 e. The zero-order valence-electron chi connectivity index (χ0n) is 13.2. The molecule has 1 aliphatic rings. The summed E-state index contributed by atoms with van der Waals surface area (Å²) in [6, 6.07) is 10.6. The zero-order chi connectivity index (χ0) is 16.9. The van der Waals surface area contributed by atoms with E-state index < -0.39 is 0 Å². The Bertz CT molecular complexity index is 692. The maximum atomic E-state index is 12.3. The quantitative estimate of drug-likeness (QED) is 0.897. The van der Waals surface area contributed by atoms with E-state index in [1.165, 1.54) is 0 Å². The highest BCUT2D eigenvalue weighted by atomic mass is 35.5. The van der Waals surface area contributed by atoms with Gasteiger partial charge in [0.05, 0.1) is 6.42 Å². The number of urea groups is 1. The van der Waals surface area contributed by atoms with Gasteiger partial charge in [-0.2, -0.15) is 0 Å². The number of anilines is 1. The first-order chi connectivity index (χ1) is 11.6. The molecule has 24 heavy (non-hydrogen) atoms. The van der Waals surface area contributed by atoms with Crippen molar-refractivity contribution in [3.63, 3.8) is 0 Å². The minimum absolute atomic E-state index is 0.0789. The van der Waals surface area contributed by atoms with Crippen molar-refractivity contribution in [2.75, 3.05) is 31.5 Å². The molecule has 0 radical (unpaired) electrons. The topological polar surface area (TPSA) is 68.4 Å². The number of aromatic nitrogens is 1. The van der Waals surface area contributed by atoms with Crippen molar-refractivity contribution in [1.82, 2.24) is 14.8 Å². The molecular formula is C17H19ClN4O2. The van der Waals surface area contributed by atoms with Gasteiger partial charge in [-0.15, -0.1) is 0 Å². The number of hydrogen-bond acceptors (Lipinski definition) is 2. The van der Waals surface area contributed by atoms with E-state index in [1.807, 2.05) is 18.3 Å². The molecular weight excluding hydrogens is 328 g/mol. The van der Waals surface area contributed by atoms with Crippen molar-refractivity contribution in [2.24, 2.45) is 0 Å². The summed E-state index contributed by atoms with van der Waals surface area (Å²) >= 11 is 5.83. The lowest BCUT2D eigenvalue weighted by Gasteiger charge is -2.34. The van der Waals surface area contributed by atoms with Crippen molar-refractivity contribution < 1.29 is 9.59 Å². The molecule has 1 fully saturated rings. The van der Waals surface area contributed by atoms with Crippen molar-refractivity contribution in [3.8, 4) is 0 Å². The Hall–Kier alpha value is -2.47. The number of carbonyl (C=O) groups excluding carboxylic acids is 2. The van der Waals surface area contributed by atoms with Gasteiger partial charge in [0.1, 0.15) is 0 Å². The number of halogens is 1. The monoisotopic (exact) mass is 346 g/mol. The van der Waals surface area contributed by atoms with Gasteiger partial charge in [0.2, 0.25) is 5.91 Å². The van der Waals surface area contributed by atoms with Crippen LogP contribution in [-0.2, 0) is 11.2 Å². The summed E-state index contributed by atoms with van der Waals surface area (Å²) in [6.45, 7) is 2.15. The summed E-state index contributed by atoms with van der Waals surface area (Å²) in [4.78, 5) is 31.0. The summed E-state index contributed by atoms with van der Waals surface area (Å²) in [5, 5.41) is 3.47. The van der Waals surface area contributed by atoms with Crippen LogP contribution >= 0.6 is 11.6 Å². The van der Waals surface area contributed by atoms with Crippen LogP contribution in [0, 0.1) is 0 Å². The Labute approximate surface area is 145 Å². The van der Waals surface area contributed by atoms with Crippen LogP contribution in [-0.4, -0.2) is 52.9 Å². The first-order valence-corrected chi connectivity index (χ1v) is 8.21. The normalized spacial score (nSPS) is 14.5. The predicted molar refractivity (Wildman–Crippen MR) is 93.1 cm³/mol. The fourth-order valence-corrected chi connectivity index (χ4v) is 2.77. The molecule has 0 unspecified atom stereocenters. The molecule has 0 bridgehead atoms. The summed E-state index contributed by atoms with van der Waals surface area (Å²) in [5.74, 6) is 0.0789. The van der Waals surface area contributed by atoms with E-state index >= 15 is 0 Å². The zero-order valence-corrected chi connectivity index (χ0v) is 13.9. The number of H-pyrrole nitrogens is 1. The summed E-state index contributed by atoms with van der Waals surface area (Å²) in [6.07, 6.45) is 2.17. The van der Waals surface area contributed by atoms with Gasteiger partial charge in [0.25, 0.3) is 0 Å². The molecule has 126 valence electrons. The lowest BCUT2D eigenvalue weighted by molar-refractivity contribution is -0.131. The van der Waals surface area contributed by atoms with Crippen LogP contribution in [0.3, 0.4) is 0 Å². The van der Waals surface area contributed by atoms with Crippen molar-refractivity contribution in [2.45, 2.75) is 6.42 Å². The SMILES string of the molecule is O=C(Cc1ccc[nH]1)N1CCN(C(=O)Nc2ccc(Cl)cc2)CC1. The van der Waals surface area contributed by atoms with E-state index in [9.17, 15) is 9.59 Å². The highest BCUT2D eigenvalue weighted by Crippen LogP contribution is 2.14. The third-order valence-corrected chi connectivity index (χ3v) is 4.27. The van der Waals surface area contributed by atoms with Crippen molar-refractivity contribution in [3.05, 3.63) is 53.3 Å². The fraction of sp³-hybridized carbons (Fsp3) is 0.294. The van der Waals surface area contributed by atoms with E-state index in [2.05, 4.69) is 10.3 Å². The van der Waals surface area contributed by atoms with Gasteiger partial charge < -0.3 is 20.1 Å². The number of benzene rings is 1. The fourth-order valence-electron chi connectivity index (χ4n) is 2.65. The molecule has 0 aliphatic carbocycles. The molecule has 2 heterocycles. The van der Waals surface area contributed by atoms with Crippen LogP contribution in [0.25, 0.3) is 0 Å². The second kappa shape index (κ2) is 7.40. The number of amides is 3. The minimum atomic E-state index is -0.159. The molecule has 2 aromatic rings. The molecule has 1 aromatic heterocycles. The molecule has 1 aliphatic heterocycles. The van der Waals surface area contributed by atoms with Crippen LogP contribution in [0.5, 0.6) is 0 Å². The van der Waals surface area contributed by atoms with Gasteiger partial charge in [0, 0.05) is 48.8 Å². The molecule has 3 amide bonds. The standard InChI is InChI=1S/C17H19ClN4O2/c18-13-3-5-14(6-4-13)20-17(24)22-10-8-21(9-11-22)16(23)12-15-2-1-7-19-15/h1-7,19H,8-12H2,(H,20,24). The lowest BCUT2D eigenvalue weighted by atomic mass is 10.2. The number of carbonyl (C=O) groups is 2. The van der Waals surface area contributed by atoms with E-state index in [-0.39, 0.29) is 11.9 Å². The highest BCUT2D eigenvalue weighted by Gasteiger charge is 2.24. The second-order valence-electron chi connectivity index (χ2n) is 5.68. The third kappa shape index (κ3) is 4.08.